The van der Waals surface area contributed by atoms with Gasteiger partial charge in [0.2, 0.25) is 5.60 Å². The molecule has 6 heteroatoms. The van der Waals surface area contributed by atoms with Crippen molar-refractivity contribution in [3.05, 3.63) is 76.8 Å². The second-order valence-corrected chi connectivity index (χ2v) is 7.51. The van der Waals surface area contributed by atoms with Gasteiger partial charge in [-0.2, -0.15) is 0 Å². The van der Waals surface area contributed by atoms with Crippen LogP contribution in [0.25, 0.3) is 10.8 Å². The first-order valence-corrected chi connectivity index (χ1v) is 9.32. The van der Waals surface area contributed by atoms with Gasteiger partial charge in [-0.05, 0) is 40.6 Å². The van der Waals surface area contributed by atoms with Crippen LogP contribution in [0.2, 0.25) is 0 Å². The standard InChI is InChI=1S/C21H17BrN2O3/c22-17-7-3-4-14(10-17)12-23-19(25)21(27)13-24(20(21)26)18-9-8-15-5-1-2-6-16(15)11-18/h1-11,27H,12-13H2,(H,23,25)/t21-/m0/s1. The molecule has 0 spiro atoms. The highest BCUT2D eigenvalue weighted by atomic mass is 79.9. The number of nitrogens with zero attached hydrogens (tertiary/aromatic N) is 1. The third-order valence-electron chi connectivity index (χ3n) is 4.75. The van der Waals surface area contributed by atoms with Crippen LogP contribution in [0.3, 0.4) is 0 Å². The van der Waals surface area contributed by atoms with Crippen LogP contribution in [0.15, 0.2) is 71.2 Å². The Morgan fingerprint density at radius 3 is 2.59 bits per heavy atom. The molecular weight excluding hydrogens is 408 g/mol. The summed E-state index contributed by atoms with van der Waals surface area (Å²) in [4.78, 5) is 26.3. The number of β-amino-alcohol motifs (C(OH)–C–C–N with tert-alkyl or cyclic N) is 1. The van der Waals surface area contributed by atoms with E-state index in [0.29, 0.717) is 5.69 Å². The molecule has 0 radical (unpaired) electrons. The van der Waals surface area contributed by atoms with Gasteiger partial charge in [0.05, 0.1) is 6.54 Å². The lowest BCUT2D eigenvalue weighted by atomic mass is 9.90. The number of β-lactam (4-membered cyclic amide) rings is 1. The molecule has 1 fully saturated rings. The number of carbonyl (C=O) groups is 2. The summed E-state index contributed by atoms with van der Waals surface area (Å²) in [5.74, 6) is -1.28. The summed E-state index contributed by atoms with van der Waals surface area (Å²) in [5.41, 5.74) is -0.472. The number of nitrogens with one attached hydrogen (secondary N) is 1. The Balaban J connectivity index is 1.45. The van der Waals surface area contributed by atoms with Crippen LogP contribution in [0.1, 0.15) is 5.56 Å². The van der Waals surface area contributed by atoms with E-state index in [-0.39, 0.29) is 13.1 Å². The summed E-state index contributed by atoms with van der Waals surface area (Å²) in [5, 5.41) is 15.2. The van der Waals surface area contributed by atoms with Gasteiger partial charge in [0.15, 0.2) is 0 Å². The van der Waals surface area contributed by atoms with Gasteiger partial charge in [-0.3, -0.25) is 9.59 Å². The Labute approximate surface area is 164 Å². The van der Waals surface area contributed by atoms with Crippen LogP contribution in [0.4, 0.5) is 5.69 Å². The molecule has 2 amide bonds. The van der Waals surface area contributed by atoms with Gasteiger partial charge < -0.3 is 15.3 Å². The lowest BCUT2D eigenvalue weighted by molar-refractivity contribution is -0.159. The van der Waals surface area contributed by atoms with Crippen molar-refractivity contribution in [3.63, 3.8) is 0 Å². The Bertz CT molecular complexity index is 1050. The minimum absolute atomic E-state index is 0.0610. The first-order valence-electron chi connectivity index (χ1n) is 8.53. The average molecular weight is 425 g/mol. The molecule has 5 nitrogen and oxygen atoms in total. The second-order valence-electron chi connectivity index (χ2n) is 6.60. The molecule has 0 aromatic heterocycles. The number of benzene rings is 3. The molecule has 0 bridgehead atoms. The van der Waals surface area contributed by atoms with Crippen molar-refractivity contribution in [2.75, 3.05) is 11.4 Å². The molecule has 1 aliphatic rings. The highest BCUT2D eigenvalue weighted by Crippen LogP contribution is 2.31. The van der Waals surface area contributed by atoms with Crippen molar-refractivity contribution in [2.45, 2.75) is 12.1 Å². The van der Waals surface area contributed by atoms with E-state index in [1.165, 1.54) is 4.90 Å². The first-order chi connectivity index (χ1) is 13.0. The predicted molar refractivity (Wildman–Crippen MR) is 107 cm³/mol. The highest BCUT2D eigenvalue weighted by molar-refractivity contribution is 9.10. The molecular formula is C21H17BrN2O3. The fraction of sp³-hybridized carbons (Fsp3) is 0.143. The highest BCUT2D eigenvalue weighted by Gasteiger charge is 2.57. The number of fused-ring (bicyclic) bond motifs is 1. The molecule has 136 valence electrons. The quantitative estimate of drug-likeness (QED) is 0.499. The molecule has 1 aliphatic heterocycles. The lowest BCUT2D eigenvalue weighted by Crippen LogP contribution is -2.73. The number of rotatable bonds is 4. The van der Waals surface area contributed by atoms with E-state index < -0.39 is 17.4 Å². The fourth-order valence-electron chi connectivity index (χ4n) is 3.20. The molecule has 1 saturated heterocycles. The Hall–Kier alpha value is -2.70. The third-order valence-corrected chi connectivity index (χ3v) is 5.24. The molecule has 0 unspecified atom stereocenters. The van der Waals surface area contributed by atoms with Crippen molar-refractivity contribution < 1.29 is 14.7 Å². The molecule has 1 atom stereocenters. The van der Waals surface area contributed by atoms with Gasteiger partial charge in [0, 0.05) is 16.7 Å². The van der Waals surface area contributed by atoms with E-state index >= 15 is 0 Å². The number of carbonyl (C=O) groups excluding carboxylic acids is 2. The van der Waals surface area contributed by atoms with Crippen molar-refractivity contribution in [2.24, 2.45) is 0 Å². The summed E-state index contributed by atoms with van der Waals surface area (Å²) in [6.45, 7) is 0.179. The maximum atomic E-state index is 12.5. The summed E-state index contributed by atoms with van der Waals surface area (Å²) in [7, 11) is 0. The number of hydrogen-bond acceptors (Lipinski definition) is 3. The van der Waals surface area contributed by atoms with Crippen molar-refractivity contribution >= 4 is 44.2 Å². The summed E-state index contributed by atoms with van der Waals surface area (Å²) in [6.07, 6.45) is 0. The van der Waals surface area contributed by atoms with Gasteiger partial charge in [-0.15, -0.1) is 0 Å². The van der Waals surface area contributed by atoms with Crippen molar-refractivity contribution in [1.29, 1.82) is 0 Å². The normalized spacial score (nSPS) is 19.0. The Morgan fingerprint density at radius 2 is 1.85 bits per heavy atom. The topological polar surface area (TPSA) is 69.6 Å². The Kier molecular flexibility index (Phi) is 4.45. The maximum Gasteiger partial charge on any atom is 0.270 e. The summed E-state index contributed by atoms with van der Waals surface area (Å²) in [6, 6.07) is 20.9. The largest absolute Gasteiger partial charge is 0.370 e. The molecule has 4 rings (SSSR count). The van der Waals surface area contributed by atoms with Crippen molar-refractivity contribution in [3.8, 4) is 0 Å². The Morgan fingerprint density at radius 1 is 1.07 bits per heavy atom. The first kappa shape index (κ1) is 17.7. The lowest BCUT2D eigenvalue weighted by Gasteiger charge is -2.43. The van der Waals surface area contributed by atoms with Gasteiger partial charge >= 0.3 is 0 Å². The number of hydrogen-bond donors (Lipinski definition) is 2. The van der Waals surface area contributed by atoms with Gasteiger partial charge in [-0.1, -0.05) is 58.4 Å². The minimum Gasteiger partial charge on any atom is -0.370 e. The van der Waals surface area contributed by atoms with E-state index in [0.717, 1.165) is 20.8 Å². The van der Waals surface area contributed by atoms with Crippen molar-refractivity contribution in [1.82, 2.24) is 5.32 Å². The molecule has 3 aromatic rings. The molecule has 2 N–H and O–H groups in total. The van der Waals surface area contributed by atoms with Crippen LogP contribution in [-0.2, 0) is 16.1 Å². The van der Waals surface area contributed by atoms with E-state index in [1.807, 2.05) is 66.7 Å². The smallest absolute Gasteiger partial charge is 0.270 e. The number of halogens is 1. The van der Waals surface area contributed by atoms with Gasteiger partial charge in [0.25, 0.3) is 11.8 Å². The van der Waals surface area contributed by atoms with Crippen LogP contribution in [0, 0.1) is 0 Å². The SMILES string of the molecule is O=C(NCc1cccc(Br)c1)[C@@]1(O)CN(c2ccc3ccccc3c2)C1=O. The summed E-state index contributed by atoms with van der Waals surface area (Å²) >= 11 is 3.37. The van der Waals surface area contributed by atoms with E-state index in [2.05, 4.69) is 21.2 Å². The monoisotopic (exact) mass is 424 g/mol. The number of aliphatic hydroxyl groups is 1. The molecule has 3 aromatic carbocycles. The van der Waals surface area contributed by atoms with Crippen LogP contribution in [-0.4, -0.2) is 29.1 Å². The van der Waals surface area contributed by atoms with E-state index in [1.54, 1.807) is 0 Å². The second kappa shape index (κ2) is 6.79. The van der Waals surface area contributed by atoms with E-state index in [9.17, 15) is 14.7 Å². The third kappa shape index (κ3) is 3.22. The average Bonchev–Trinajstić information content (AvgIpc) is 2.69. The predicted octanol–water partition coefficient (Wildman–Crippen LogP) is 3.00. The molecule has 1 heterocycles. The molecule has 0 saturated carbocycles. The van der Waals surface area contributed by atoms with Crippen LogP contribution >= 0.6 is 15.9 Å². The fourth-order valence-corrected chi connectivity index (χ4v) is 3.64. The number of anilines is 1. The van der Waals surface area contributed by atoms with Crippen LogP contribution in [0.5, 0.6) is 0 Å². The van der Waals surface area contributed by atoms with Gasteiger partial charge in [0.1, 0.15) is 0 Å². The van der Waals surface area contributed by atoms with E-state index in [4.69, 9.17) is 0 Å². The number of amides is 2. The van der Waals surface area contributed by atoms with Crippen LogP contribution < -0.4 is 10.2 Å². The zero-order valence-electron chi connectivity index (χ0n) is 14.4. The zero-order valence-corrected chi connectivity index (χ0v) is 15.9. The molecule has 27 heavy (non-hydrogen) atoms. The zero-order chi connectivity index (χ0) is 19.0. The minimum atomic E-state index is -2.02. The van der Waals surface area contributed by atoms with Gasteiger partial charge in [-0.25, -0.2) is 0 Å². The summed E-state index contributed by atoms with van der Waals surface area (Å²) < 4.78 is 0.898. The molecule has 0 aliphatic carbocycles. The maximum absolute atomic E-state index is 12.5.